The van der Waals surface area contributed by atoms with Crippen LogP contribution in [0.4, 0.5) is 17.3 Å². The van der Waals surface area contributed by atoms with Gasteiger partial charge in [-0.1, -0.05) is 6.07 Å². The van der Waals surface area contributed by atoms with Crippen LogP contribution >= 0.6 is 0 Å². The van der Waals surface area contributed by atoms with E-state index in [2.05, 4.69) is 31.6 Å². The Hall–Kier alpha value is -4.29. The third-order valence-electron chi connectivity index (χ3n) is 5.47. The summed E-state index contributed by atoms with van der Waals surface area (Å²) in [6.07, 6.45) is 5.15. The van der Waals surface area contributed by atoms with Crippen molar-refractivity contribution in [3.8, 4) is 23.2 Å². The van der Waals surface area contributed by atoms with Gasteiger partial charge in [-0.25, -0.2) is 15.0 Å². The number of benzene rings is 1. The smallest absolute Gasteiger partial charge is 0.162 e. The molecule has 0 radical (unpaired) electrons. The fourth-order valence-electron chi connectivity index (χ4n) is 3.88. The Kier molecular flexibility index (Phi) is 5.66. The molecule has 0 saturated carbocycles. The van der Waals surface area contributed by atoms with Gasteiger partial charge in [-0.15, -0.1) is 0 Å². The highest BCUT2D eigenvalue weighted by Crippen LogP contribution is 2.34. The van der Waals surface area contributed by atoms with Crippen molar-refractivity contribution in [3.05, 3.63) is 60.6 Å². The molecule has 33 heavy (non-hydrogen) atoms. The van der Waals surface area contributed by atoms with Crippen LogP contribution in [-0.4, -0.2) is 53.2 Å². The summed E-state index contributed by atoms with van der Waals surface area (Å²) in [5.41, 5.74) is 2.91. The maximum Gasteiger partial charge on any atom is 0.162 e. The Morgan fingerprint density at radius 1 is 1.12 bits per heavy atom. The molecule has 9 nitrogen and oxygen atoms in total. The number of fused-ring (bicyclic) bond motifs is 1. The summed E-state index contributed by atoms with van der Waals surface area (Å²) in [5, 5.41) is 16.6. The molecule has 0 atom stereocenters. The van der Waals surface area contributed by atoms with Gasteiger partial charge in [0.05, 0.1) is 42.0 Å². The molecule has 2 N–H and O–H groups in total. The van der Waals surface area contributed by atoms with E-state index >= 15 is 0 Å². The molecule has 5 rings (SSSR count). The van der Waals surface area contributed by atoms with E-state index in [0.717, 1.165) is 54.2 Å². The van der Waals surface area contributed by atoms with E-state index in [1.165, 1.54) is 0 Å². The Morgan fingerprint density at radius 3 is 2.82 bits per heavy atom. The number of ether oxygens (including phenoxy) is 1. The van der Waals surface area contributed by atoms with E-state index in [9.17, 15) is 0 Å². The monoisotopic (exact) mass is 438 g/mol. The minimum Gasteiger partial charge on any atom is -0.494 e. The third kappa shape index (κ3) is 4.24. The lowest BCUT2D eigenvalue weighted by atomic mass is 10.2. The molecule has 3 aromatic heterocycles. The van der Waals surface area contributed by atoms with Crippen molar-refractivity contribution in [3.63, 3.8) is 0 Å². The Morgan fingerprint density at radius 2 is 2.00 bits per heavy atom. The van der Waals surface area contributed by atoms with Crippen molar-refractivity contribution in [2.45, 2.75) is 0 Å². The van der Waals surface area contributed by atoms with Gasteiger partial charge in [0.2, 0.25) is 0 Å². The summed E-state index contributed by atoms with van der Waals surface area (Å²) in [5.74, 6) is 2.71. The number of nitrogens with one attached hydrogen (secondary N) is 2. The van der Waals surface area contributed by atoms with Crippen molar-refractivity contribution in [2.24, 2.45) is 0 Å². The molecule has 4 heterocycles. The van der Waals surface area contributed by atoms with Crippen molar-refractivity contribution in [1.82, 2.24) is 25.3 Å². The fraction of sp³-hybridized carbons (Fsp3) is 0.208. The van der Waals surface area contributed by atoms with Gasteiger partial charge in [-0.3, -0.25) is 4.98 Å². The molecular weight excluding hydrogens is 416 g/mol. The van der Waals surface area contributed by atoms with Crippen LogP contribution in [0.1, 0.15) is 5.56 Å². The number of nitrogens with zero attached hydrogens (tertiary/aromatic N) is 6. The third-order valence-corrected chi connectivity index (χ3v) is 5.47. The maximum absolute atomic E-state index is 9.15. The Labute approximate surface area is 191 Å². The van der Waals surface area contributed by atoms with Crippen LogP contribution in [0.25, 0.3) is 22.3 Å². The maximum atomic E-state index is 9.15. The van der Waals surface area contributed by atoms with Crippen molar-refractivity contribution >= 4 is 28.2 Å². The highest BCUT2D eigenvalue weighted by atomic mass is 16.5. The number of rotatable bonds is 5. The molecule has 1 aliphatic heterocycles. The number of hydrogen-bond acceptors (Lipinski definition) is 9. The summed E-state index contributed by atoms with van der Waals surface area (Å²) < 4.78 is 5.58. The zero-order valence-electron chi connectivity index (χ0n) is 18.1. The summed E-state index contributed by atoms with van der Waals surface area (Å²) in [6.45, 7) is 3.46. The molecule has 0 bridgehead atoms. The number of aromatic nitrogens is 4. The van der Waals surface area contributed by atoms with E-state index in [1.54, 1.807) is 37.8 Å². The molecule has 1 fully saturated rings. The predicted octanol–water partition coefficient (Wildman–Crippen LogP) is 3.12. The van der Waals surface area contributed by atoms with Gasteiger partial charge in [-0.2, -0.15) is 5.26 Å². The number of methoxy groups -OCH3 is 1. The molecule has 0 spiro atoms. The van der Waals surface area contributed by atoms with Gasteiger partial charge in [0, 0.05) is 43.6 Å². The lowest BCUT2D eigenvalue weighted by molar-refractivity contribution is 0.418. The van der Waals surface area contributed by atoms with Crippen LogP contribution in [0.5, 0.6) is 5.75 Å². The second-order valence-electron chi connectivity index (χ2n) is 7.59. The molecule has 4 aromatic rings. The molecule has 0 amide bonds. The largest absolute Gasteiger partial charge is 0.494 e. The Balaban J connectivity index is 1.57. The average molecular weight is 438 g/mol. The van der Waals surface area contributed by atoms with E-state index in [-0.39, 0.29) is 0 Å². The number of nitriles is 1. The van der Waals surface area contributed by atoms with E-state index in [1.807, 2.05) is 24.3 Å². The minimum absolute atomic E-state index is 0.580. The van der Waals surface area contributed by atoms with Crippen LogP contribution in [0.2, 0.25) is 0 Å². The minimum atomic E-state index is 0.580. The molecular formula is C24H22N8O. The first-order chi connectivity index (χ1) is 16.2. The number of pyridine rings is 2. The van der Waals surface area contributed by atoms with Crippen LogP contribution in [0.15, 0.2) is 55.0 Å². The van der Waals surface area contributed by atoms with Gasteiger partial charge in [0.25, 0.3) is 0 Å². The number of hydrogen-bond donors (Lipinski definition) is 2. The second kappa shape index (κ2) is 9.06. The highest BCUT2D eigenvalue weighted by molar-refractivity contribution is 5.95. The van der Waals surface area contributed by atoms with E-state index < -0.39 is 0 Å². The van der Waals surface area contributed by atoms with Crippen molar-refractivity contribution in [2.75, 3.05) is 43.5 Å². The molecule has 1 aromatic carbocycles. The van der Waals surface area contributed by atoms with E-state index in [0.29, 0.717) is 23.0 Å². The van der Waals surface area contributed by atoms with Crippen LogP contribution in [0, 0.1) is 11.3 Å². The molecule has 9 heteroatoms. The van der Waals surface area contributed by atoms with Gasteiger partial charge in [0.1, 0.15) is 17.4 Å². The van der Waals surface area contributed by atoms with Crippen LogP contribution in [0.3, 0.4) is 0 Å². The summed E-state index contributed by atoms with van der Waals surface area (Å²) in [6, 6.07) is 13.2. The standard InChI is InChI=1S/C24H22N8O/c1-33-20-15-27-14-19-22(20)24(32-9-7-26-8-10-32)31-23(30-19)17-5-6-28-21(12-17)29-18-4-2-3-16(11-18)13-25/h2-6,11-12,14-15,26H,7-10H2,1H3,(H,28,29). The Bertz CT molecular complexity index is 1340. The number of piperazine rings is 1. The first-order valence-corrected chi connectivity index (χ1v) is 10.6. The SMILES string of the molecule is COc1cncc2nc(-c3ccnc(Nc4cccc(C#N)c4)c3)nc(N3CCNCC3)c12. The lowest BCUT2D eigenvalue weighted by Crippen LogP contribution is -2.44. The normalized spacial score (nSPS) is 13.5. The van der Waals surface area contributed by atoms with Gasteiger partial charge >= 0.3 is 0 Å². The predicted molar refractivity (Wildman–Crippen MR) is 127 cm³/mol. The van der Waals surface area contributed by atoms with Gasteiger partial charge in [-0.05, 0) is 30.3 Å². The molecule has 164 valence electrons. The lowest BCUT2D eigenvalue weighted by Gasteiger charge is -2.29. The summed E-state index contributed by atoms with van der Waals surface area (Å²) in [4.78, 5) is 20.7. The average Bonchev–Trinajstić information content (AvgIpc) is 2.88. The molecule has 0 unspecified atom stereocenters. The quantitative estimate of drug-likeness (QED) is 0.485. The second-order valence-corrected chi connectivity index (χ2v) is 7.59. The first-order valence-electron chi connectivity index (χ1n) is 10.6. The zero-order chi connectivity index (χ0) is 22.6. The highest BCUT2D eigenvalue weighted by Gasteiger charge is 2.20. The fourth-order valence-corrected chi connectivity index (χ4v) is 3.88. The molecule has 0 aliphatic carbocycles. The first kappa shape index (κ1) is 20.6. The van der Waals surface area contributed by atoms with Crippen molar-refractivity contribution in [1.29, 1.82) is 5.26 Å². The van der Waals surface area contributed by atoms with Crippen LogP contribution in [-0.2, 0) is 0 Å². The van der Waals surface area contributed by atoms with Gasteiger partial charge < -0.3 is 20.3 Å². The summed E-state index contributed by atoms with van der Waals surface area (Å²) in [7, 11) is 1.63. The van der Waals surface area contributed by atoms with Crippen LogP contribution < -0.4 is 20.3 Å². The van der Waals surface area contributed by atoms with Gasteiger partial charge in [0.15, 0.2) is 5.82 Å². The molecule has 1 aliphatic rings. The number of anilines is 3. The topological polar surface area (TPSA) is 112 Å². The zero-order valence-corrected chi connectivity index (χ0v) is 18.1. The molecule has 1 saturated heterocycles. The van der Waals surface area contributed by atoms with E-state index in [4.69, 9.17) is 20.0 Å². The summed E-state index contributed by atoms with van der Waals surface area (Å²) >= 11 is 0. The van der Waals surface area contributed by atoms with Crippen molar-refractivity contribution < 1.29 is 4.74 Å².